The molecule has 20 heavy (non-hydrogen) atoms. The summed E-state index contributed by atoms with van der Waals surface area (Å²) in [5.74, 6) is 0.697. The van der Waals surface area contributed by atoms with E-state index in [2.05, 4.69) is 5.32 Å². The minimum Gasteiger partial charge on any atom is -0.491 e. The number of anilines is 1. The van der Waals surface area contributed by atoms with Crippen molar-refractivity contribution in [3.05, 3.63) is 23.8 Å². The summed E-state index contributed by atoms with van der Waals surface area (Å²) in [6.07, 6.45) is 0.745. The summed E-state index contributed by atoms with van der Waals surface area (Å²) in [7, 11) is 1.55. The molecule has 0 aliphatic heterocycles. The van der Waals surface area contributed by atoms with Crippen LogP contribution in [-0.2, 0) is 9.53 Å². The monoisotopic (exact) mass is 279 g/mol. The highest BCUT2D eigenvalue weighted by atomic mass is 16.5. The number of amides is 1. The lowest BCUT2D eigenvalue weighted by atomic mass is 10.0. The first-order chi connectivity index (χ1) is 9.32. The van der Waals surface area contributed by atoms with E-state index < -0.39 is 5.60 Å². The highest BCUT2D eigenvalue weighted by Gasteiger charge is 2.30. The van der Waals surface area contributed by atoms with Crippen molar-refractivity contribution in [2.24, 2.45) is 0 Å². The van der Waals surface area contributed by atoms with Crippen LogP contribution in [0.15, 0.2) is 18.2 Å². The van der Waals surface area contributed by atoms with Gasteiger partial charge < -0.3 is 14.8 Å². The van der Waals surface area contributed by atoms with Crippen molar-refractivity contribution in [2.45, 2.75) is 52.7 Å². The molecule has 0 aliphatic carbocycles. The van der Waals surface area contributed by atoms with Gasteiger partial charge in [-0.25, -0.2) is 0 Å². The Morgan fingerprint density at radius 3 is 2.50 bits per heavy atom. The molecule has 0 fully saturated rings. The summed E-state index contributed by atoms with van der Waals surface area (Å²) in [5, 5.41) is 2.89. The SMILES string of the molecule is CC[C@@](C)(OC)C(=O)Nc1ccc(OC(C)C)c(C)c1. The standard InChI is InChI=1S/C16H25NO3/c1-7-16(5,19-6)15(18)17-13-8-9-14(12(4)10-13)20-11(2)3/h8-11H,7H2,1-6H3,(H,17,18)/t16-/m1/s1. The van der Waals surface area contributed by atoms with Gasteiger partial charge in [-0.2, -0.15) is 0 Å². The molecule has 4 nitrogen and oxygen atoms in total. The van der Waals surface area contributed by atoms with Crippen molar-refractivity contribution in [3.8, 4) is 5.75 Å². The minimum atomic E-state index is -0.805. The summed E-state index contributed by atoms with van der Waals surface area (Å²) < 4.78 is 11.0. The van der Waals surface area contributed by atoms with E-state index in [0.29, 0.717) is 6.42 Å². The molecule has 0 saturated heterocycles. The Balaban J connectivity index is 2.84. The number of methoxy groups -OCH3 is 1. The average Bonchev–Trinajstić information content (AvgIpc) is 2.40. The molecule has 0 spiro atoms. The van der Waals surface area contributed by atoms with Gasteiger partial charge in [0.25, 0.3) is 5.91 Å². The Bertz CT molecular complexity index is 465. The van der Waals surface area contributed by atoms with E-state index >= 15 is 0 Å². The largest absolute Gasteiger partial charge is 0.491 e. The maximum Gasteiger partial charge on any atom is 0.256 e. The van der Waals surface area contributed by atoms with E-state index in [4.69, 9.17) is 9.47 Å². The molecule has 1 N–H and O–H groups in total. The smallest absolute Gasteiger partial charge is 0.256 e. The Morgan fingerprint density at radius 2 is 2.05 bits per heavy atom. The van der Waals surface area contributed by atoms with Crippen molar-refractivity contribution >= 4 is 11.6 Å². The van der Waals surface area contributed by atoms with Gasteiger partial charge in [0.1, 0.15) is 11.4 Å². The normalized spacial score (nSPS) is 13.9. The molecule has 4 heteroatoms. The van der Waals surface area contributed by atoms with E-state index in [9.17, 15) is 4.79 Å². The van der Waals surface area contributed by atoms with Crippen LogP contribution in [0, 0.1) is 6.92 Å². The van der Waals surface area contributed by atoms with Crippen molar-refractivity contribution in [1.82, 2.24) is 0 Å². The van der Waals surface area contributed by atoms with E-state index in [-0.39, 0.29) is 12.0 Å². The molecule has 0 heterocycles. The van der Waals surface area contributed by atoms with Gasteiger partial charge in [-0.1, -0.05) is 6.92 Å². The quantitative estimate of drug-likeness (QED) is 0.866. The fourth-order valence-corrected chi connectivity index (χ4v) is 1.77. The van der Waals surface area contributed by atoms with E-state index in [0.717, 1.165) is 17.0 Å². The molecule has 1 amide bonds. The second-order valence-corrected chi connectivity index (χ2v) is 5.39. The number of hydrogen-bond donors (Lipinski definition) is 1. The third kappa shape index (κ3) is 3.97. The van der Waals surface area contributed by atoms with Crippen LogP contribution in [0.1, 0.15) is 39.7 Å². The van der Waals surface area contributed by atoms with E-state index in [1.54, 1.807) is 14.0 Å². The summed E-state index contributed by atoms with van der Waals surface area (Å²) in [5.41, 5.74) is 0.938. The number of benzene rings is 1. The number of rotatable bonds is 6. The second-order valence-electron chi connectivity index (χ2n) is 5.39. The molecule has 0 bridgehead atoms. The Hall–Kier alpha value is -1.55. The number of aryl methyl sites for hydroxylation is 1. The third-order valence-electron chi connectivity index (χ3n) is 3.40. The molecule has 0 aliphatic rings. The molecule has 112 valence electrons. The van der Waals surface area contributed by atoms with Gasteiger partial charge in [-0.15, -0.1) is 0 Å². The van der Waals surface area contributed by atoms with Gasteiger partial charge in [-0.05, 0) is 57.9 Å². The van der Waals surface area contributed by atoms with Crippen molar-refractivity contribution in [1.29, 1.82) is 0 Å². The zero-order valence-electron chi connectivity index (χ0n) is 13.2. The first kappa shape index (κ1) is 16.5. The first-order valence-corrected chi connectivity index (χ1v) is 6.96. The van der Waals surface area contributed by atoms with Crippen LogP contribution in [0.4, 0.5) is 5.69 Å². The lowest BCUT2D eigenvalue weighted by molar-refractivity contribution is -0.136. The molecular formula is C16H25NO3. The van der Waals surface area contributed by atoms with Gasteiger partial charge in [0, 0.05) is 12.8 Å². The second kappa shape index (κ2) is 6.75. The Kier molecular flexibility index (Phi) is 5.57. The van der Waals surface area contributed by atoms with Crippen molar-refractivity contribution in [3.63, 3.8) is 0 Å². The molecule has 0 aromatic heterocycles. The van der Waals surface area contributed by atoms with Crippen LogP contribution in [0.5, 0.6) is 5.75 Å². The van der Waals surface area contributed by atoms with Crippen LogP contribution < -0.4 is 10.1 Å². The maximum absolute atomic E-state index is 12.2. The van der Waals surface area contributed by atoms with Crippen LogP contribution in [0.2, 0.25) is 0 Å². The number of carbonyl (C=O) groups is 1. The lowest BCUT2D eigenvalue weighted by Crippen LogP contribution is -2.41. The van der Waals surface area contributed by atoms with Gasteiger partial charge in [0.2, 0.25) is 0 Å². The molecule has 0 radical (unpaired) electrons. The van der Waals surface area contributed by atoms with Gasteiger partial charge in [-0.3, -0.25) is 4.79 Å². The van der Waals surface area contributed by atoms with Gasteiger partial charge in [0.05, 0.1) is 6.10 Å². The maximum atomic E-state index is 12.2. The number of nitrogens with one attached hydrogen (secondary N) is 1. The Morgan fingerprint density at radius 1 is 1.40 bits per heavy atom. The highest BCUT2D eigenvalue weighted by Crippen LogP contribution is 2.24. The molecule has 1 aromatic carbocycles. The third-order valence-corrected chi connectivity index (χ3v) is 3.40. The number of carbonyl (C=O) groups excluding carboxylic acids is 1. The van der Waals surface area contributed by atoms with Crippen LogP contribution in [0.3, 0.4) is 0 Å². The topological polar surface area (TPSA) is 47.6 Å². The summed E-state index contributed by atoms with van der Waals surface area (Å²) in [4.78, 5) is 12.2. The fourth-order valence-electron chi connectivity index (χ4n) is 1.77. The zero-order chi connectivity index (χ0) is 15.3. The summed E-state index contributed by atoms with van der Waals surface area (Å²) in [6.45, 7) is 9.64. The van der Waals surface area contributed by atoms with Crippen molar-refractivity contribution < 1.29 is 14.3 Å². The van der Waals surface area contributed by atoms with E-state index in [1.165, 1.54) is 0 Å². The van der Waals surface area contributed by atoms with Crippen LogP contribution in [-0.4, -0.2) is 24.7 Å². The van der Waals surface area contributed by atoms with Crippen LogP contribution >= 0.6 is 0 Å². The van der Waals surface area contributed by atoms with Crippen molar-refractivity contribution in [2.75, 3.05) is 12.4 Å². The lowest BCUT2D eigenvalue weighted by Gasteiger charge is -2.25. The highest BCUT2D eigenvalue weighted by molar-refractivity contribution is 5.97. The number of hydrogen-bond acceptors (Lipinski definition) is 3. The van der Waals surface area contributed by atoms with Crippen LogP contribution in [0.25, 0.3) is 0 Å². The molecule has 0 unspecified atom stereocenters. The van der Waals surface area contributed by atoms with Gasteiger partial charge in [0.15, 0.2) is 0 Å². The molecule has 1 rings (SSSR count). The number of ether oxygens (including phenoxy) is 2. The van der Waals surface area contributed by atoms with E-state index in [1.807, 2.05) is 45.9 Å². The average molecular weight is 279 g/mol. The predicted octanol–water partition coefficient (Wildman–Crippen LogP) is 3.54. The summed E-state index contributed by atoms with van der Waals surface area (Å²) >= 11 is 0. The summed E-state index contributed by atoms with van der Waals surface area (Å²) in [6, 6.07) is 5.62. The molecule has 1 atom stereocenters. The predicted molar refractivity (Wildman–Crippen MR) is 81.3 cm³/mol. The molecule has 0 saturated carbocycles. The van der Waals surface area contributed by atoms with Gasteiger partial charge >= 0.3 is 0 Å². The fraction of sp³-hybridized carbons (Fsp3) is 0.562. The zero-order valence-corrected chi connectivity index (χ0v) is 13.2. The molecular weight excluding hydrogens is 254 g/mol. The first-order valence-electron chi connectivity index (χ1n) is 6.96. The minimum absolute atomic E-state index is 0.131. The Labute approximate surface area is 121 Å². The molecule has 1 aromatic rings.